The number of nitrogens with one attached hydrogen (secondary N) is 1. The molecule has 0 saturated carbocycles. The van der Waals surface area contributed by atoms with E-state index in [0.717, 1.165) is 7.11 Å². The fourth-order valence-corrected chi connectivity index (χ4v) is 1.57. The van der Waals surface area contributed by atoms with Crippen molar-refractivity contribution in [2.75, 3.05) is 7.11 Å². The predicted octanol–water partition coefficient (Wildman–Crippen LogP) is 0.496. The molecule has 8 heteroatoms. The SMILES string of the molecule is COC(=O)c1cccc(-c2n[nH]nc2C(N)=O)c1F. The molecule has 1 aromatic carbocycles. The molecule has 0 fully saturated rings. The molecule has 98 valence electrons. The molecule has 1 aromatic heterocycles. The van der Waals surface area contributed by atoms with Gasteiger partial charge in [0.2, 0.25) is 0 Å². The van der Waals surface area contributed by atoms with Crippen molar-refractivity contribution in [2.24, 2.45) is 5.73 Å². The van der Waals surface area contributed by atoms with E-state index >= 15 is 0 Å². The number of esters is 1. The maximum absolute atomic E-state index is 14.2. The van der Waals surface area contributed by atoms with E-state index in [-0.39, 0.29) is 22.5 Å². The number of rotatable bonds is 3. The molecule has 0 radical (unpaired) electrons. The van der Waals surface area contributed by atoms with Crippen LogP contribution in [0.5, 0.6) is 0 Å². The summed E-state index contributed by atoms with van der Waals surface area (Å²) in [6.45, 7) is 0. The molecule has 19 heavy (non-hydrogen) atoms. The molecule has 1 amide bonds. The normalized spacial score (nSPS) is 10.2. The van der Waals surface area contributed by atoms with E-state index in [2.05, 4.69) is 20.1 Å². The summed E-state index contributed by atoms with van der Waals surface area (Å²) in [6.07, 6.45) is 0. The van der Waals surface area contributed by atoms with Crippen molar-refractivity contribution in [3.05, 3.63) is 35.3 Å². The fourth-order valence-electron chi connectivity index (χ4n) is 1.57. The van der Waals surface area contributed by atoms with Crippen LogP contribution in [0.1, 0.15) is 20.8 Å². The van der Waals surface area contributed by atoms with Crippen LogP contribution < -0.4 is 5.73 Å². The summed E-state index contributed by atoms with van der Waals surface area (Å²) >= 11 is 0. The molecule has 0 aliphatic carbocycles. The second-order valence-electron chi connectivity index (χ2n) is 3.54. The summed E-state index contributed by atoms with van der Waals surface area (Å²) in [6, 6.07) is 4.05. The number of primary amides is 1. The van der Waals surface area contributed by atoms with Crippen molar-refractivity contribution >= 4 is 11.9 Å². The van der Waals surface area contributed by atoms with Gasteiger partial charge >= 0.3 is 5.97 Å². The standard InChI is InChI=1S/C11H9FN4O3/c1-19-11(18)6-4-2-3-5(7(6)12)8-9(10(13)17)15-16-14-8/h2-4H,1H3,(H2,13,17)(H,14,15,16). The number of aromatic nitrogens is 3. The highest BCUT2D eigenvalue weighted by Gasteiger charge is 2.22. The molecule has 0 saturated heterocycles. The second kappa shape index (κ2) is 4.84. The van der Waals surface area contributed by atoms with Crippen molar-refractivity contribution < 1.29 is 18.7 Å². The molecule has 0 atom stereocenters. The highest BCUT2D eigenvalue weighted by molar-refractivity contribution is 5.98. The average Bonchev–Trinajstić information content (AvgIpc) is 2.87. The van der Waals surface area contributed by atoms with Gasteiger partial charge in [0.05, 0.1) is 12.7 Å². The lowest BCUT2D eigenvalue weighted by Crippen LogP contribution is -2.13. The number of carbonyl (C=O) groups is 2. The summed E-state index contributed by atoms with van der Waals surface area (Å²) in [7, 11) is 1.14. The van der Waals surface area contributed by atoms with Gasteiger partial charge in [0, 0.05) is 5.56 Å². The summed E-state index contributed by atoms with van der Waals surface area (Å²) in [5.74, 6) is -2.54. The Morgan fingerprint density at radius 2 is 2.11 bits per heavy atom. The number of aromatic amines is 1. The Bertz CT molecular complexity index is 653. The first-order valence-corrected chi connectivity index (χ1v) is 5.14. The molecule has 3 N–H and O–H groups in total. The third-order valence-electron chi connectivity index (χ3n) is 2.44. The maximum Gasteiger partial charge on any atom is 0.340 e. The van der Waals surface area contributed by atoms with Crippen molar-refractivity contribution in [3.63, 3.8) is 0 Å². The smallest absolute Gasteiger partial charge is 0.340 e. The number of halogens is 1. The topological polar surface area (TPSA) is 111 Å². The lowest BCUT2D eigenvalue weighted by Gasteiger charge is -2.05. The molecule has 7 nitrogen and oxygen atoms in total. The Labute approximate surface area is 106 Å². The molecule has 1 heterocycles. The molecule has 0 bridgehead atoms. The van der Waals surface area contributed by atoms with Gasteiger partial charge < -0.3 is 10.5 Å². The Morgan fingerprint density at radius 1 is 1.37 bits per heavy atom. The lowest BCUT2D eigenvalue weighted by atomic mass is 10.1. The number of carbonyl (C=O) groups excluding carboxylic acids is 2. The number of H-pyrrole nitrogens is 1. The number of ether oxygens (including phenoxy) is 1. The maximum atomic E-state index is 14.2. The van der Waals surface area contributed by atoms with Crippen LogP contribution in [0.2, 0.25) is 0 Å². The van der Waals surface area contributed by atoms with Crippen molar-refractivity contribution in [1.82, 2.24) is 15.4 Å². The molecular formula is C11H9FN4O3. The summed E-state index contributed by atoms with van der Waals surface area (Å²) in [5, 5.41) is 9.38. The van der Waals surface area contributed by atoms with Crippen molar-refractivity contribution in [1.29, 1.82) is 0 Å². The quantitative estimate of drug-likeness (QED) is 0.784. The van der Waals surface area contributed by atoms with E-state index in [1.54, 1.807) is 0 Å². The minimum atomic E-state index is -0.856. The average molecular weight is 264 g/mol. The lowest BCUT2D eigenvalue weighted by molar-refractivity contribution is 0.0595. The van der Waals surface area contributed by atoms with Gasteiger partial charge in [-0.2, -0.15) is 15.4 Å². The van der Waals surface area contributed by atoms with Gasteiger partial charge in [-0.05, 0) is 12.1 Å². The molecular weight excluding hydrogens is 255 g/mol. The van der Waals surface area contributed by atoms with Gasteiger partial charge in [0.25, 0.3) is 5.91 Å². The van der Waals surface area contributed by atoms with Gasteiger partial charge in [-0.25, -0.2) is 9.18 Å². The Morgan fingerprint density at radius 3 is 2.74 bits per heavy atom. The zero-order valence-corrected chi connectivity index (χ0v) is 9.81. The third kappa shape index (κ3) is 2.15. The largest absolute Gasteiger partial charge is 0.465 e. The van der Waals surface area contributed by atoms with E-state index in [1.807, 2.05) is 0 Å². The van der Waals surface area contributed by atoms with Crippen molar-refractivity contribution in [3.8, 4) is 11.3 Å². The van der Waals surface area contributed by atoms with Gasteiger partial charge in [-0.15, -0.1) is 0 Å². The number of nitrogens with two attached hydrogens (primary N) is 1. The minimum Gasteiger partial charge on any atom is -0.465 e. The number of hydrogen-bond acceptors (Lipinski definition) is 5. The first kappa shape index (κ1) is 12.7. The van der Waals surface area contributed by atoms with Gasteiger partial charge in [-0.3, -0.25) is 4.79 Å². The number of hydrogen-bond donors (Lipinski definition) is 2. The molecule has 0 aliphatic rings. The molecule has 2 rings (SSSR count). The number of amides is 1. The van der Waals surface area contributed by atoms with E-state index < -0.39 is 17.7 Å². The third-order valence-corrected chi connectivity index (χ3v) is 2.44. The summed E-state index contributed by atoms with van der Waals surface area (Å²) in [5.41, 5.74) is 4.50. The Kier molecular flexibility index (Phi) is 3.23. The van der Waals surface area contributed by atoms with Crippen LogP contribution >= 0.6 is 0 Å². The first-order valence-electron chi connectivity index (χ1n) is 5.14. The minimum absolute atomic E-state index is 0.0595. The molecule has 0 spiro atoms. The van der Waals surface area contributed by atoms with Crippen molar-refractivity contribution in [2.45, 2.75) is 0 Å². The van der Waals surface area contributed by atoms with Crippen LogP contribution in [0.25, 0.3) is 11.3 Å². The molecule has 0 unspecified atom stereocenters. The Hall–Kier alpha value is -2.77. The number of benzene rings is 1. The highest BCUT2D eigenvalue weighted by Crippen LogP contribution is 2.25. The van der Waals surface area contributed by atoms with Crippen LogP contribution in [0.4, 0.5) is 4.39 Å². The van der Waals surface area contributed by atoms with Gasteiger partial charge in [-0.1, -0.05) is 6.07 Å². The van der Waals surface area contributed by atoms with Gasteiger partial charge in [0.1, 0.15) is 11.5 Å². The fraction of sp³-hybridized carbons (Fsp3) is 0.0909. The van der Waals surface area contributed by atoms with E-state index in [0.29, 0.717) is 0 Å². The number of methoxy groups -OCH3 is 1. The summed E-state index contributed by atoms with van der Waals surface area (Å²) < 4.78 is 18.6. The molecule has 2 aromatic rings. The van der Waals surface area contributed by atoms with Crippen LogP contribution in [-0.4, -0.2) is 34.4 Å². The van der Waals surface area contributed by atoms with Crippen LogP contribution in [0, 0.1) is 5.82 Å². The van der Waals surface area contributed by atoms with Crippen LogP contribution in [0.15, 0.2) is 18.2 Å². The number of nitrogens with zero attached hydrogens (tertiary/aromatic N) is 2. The monoisotopic (exact) mass is 264 g/mol. The zero-order chi connectivity index (χ0) is 14.0. The first-order chi connectivity index (χ1) is 9.06. The highest BCUT2D eigenvalue weighted by atomic mass is 19.1. The van der Waals surface area contributed by atoms with E-state index in [9.17, 15) is 14.0 Å². The van der Waals surface area contributed by atoms with Gasteiger partial charge in [0.15, 0.2) is 5.69 Å². The zero-order valence-electron chi connectivity index (χ0n) is 9.81. The second-order valence-corrected chi connectivity index (χ2v) is 3.54. The van der Waals surface area contributed by atoms with Crippen LogP contribution in [0.3, 0.4) is 0 Å². The molecule has 0 aliphatic heterocycles. The Balaban J connectivity index is 2.60. The van der Waals surface area contributed by atoms with E-state index in [1.165, 1.54) is 18.2 Å². The van der Waals surface area contributed by atoms with E-state index in [4.69, 9.17) is 5.73 Å². The predicted molar refractivity (Wildman–Crippen MR) is 61.6 cm³/mol. The van der Waals surface area contributed by atoms with Crippen LogP contribution in [-0.2, 0) is 4.74 Å². The summed E-state index contributed by atoms with van der Waals surface area (Å²) in [4.78, 5) is 22.5.